The highest BCUT2D eigenvalue weighted by Gasteiger charge is 2.47. The fourth-order valence-electron chi connectivity index (χ4n) is 5.25. The van der Waals surface area contributed by atoms with Crippen LogP contribution in [0.25, 0.3) is 0 Å². The van der Waals surface area contributed by atoms with Crippen molar-refractivity contribution in [1.82, 2.24) is 10.3 Å². The Bertz CT molecular complexity index is 834. The molecule has 3 nitrogen and oxygen atoms in total. The maximum atomic E-state index is 12.9. The molecule has 1 saturated carbocycles. The van der Waals surface area contributed by atoms with Crippen molar-refractivity contribution in [3.63, 3.8) is 0 Å². The maximum Gasteiger partial charge on any atom is 0.417 e. The van der Waals surface area contributed by atoms with Crippen molar-refractivity contribution in [2.45, 2.75) is 68.7 Å². The minimum atomic E-state index is -4.36. The number of benzene rings is 1. The normalized spacial score (nSPS) is 23.7. The van der Waals surface area contributed by atoms with Crippen LogP contribution in [-0.2, 0) is 22.9 Å². The summed E-state index contributed by atoms with van der Waals surface area (Å²) in [5, 5.41) is 3.35. The molecule has 1 spiro atoms. The van der Waals surface area contributed by atoms with Gasteiger partial charge in [-0.25, -0.2) is 0 Å². The molecule has 0 bridgehead atoms. The van der Waals surface area contributed by atoms with E-state index in [4.69, 9.17) is 4.74 Å². The molecule has 1 aliphatic heterocycles. The highest BCUT2D eigenvalue weighted by molar-refractivity contribution is 5.28. The number of halogens is 3. The number of hydrogen-bond donors (Lipinski definition) is 1. The summed E-state index contributed by atoms with van der Waals surface area (Å²) < 4.78 is 45.0. The first-order valence-corrected chi connectivity index (χ1v) is 10.8. The third kappa shape index (κ3) is 4.70. The number of ether oxygens (including phenoxy) is 1. The lowest BCUT2D eigenvalue weighted by molar-refractivity contribution is -0.137. The predicted molar refractivity (Wildman–Crippen MR) is 110 cm³/mol. The van der Waals surface area contributed by atoms with Crippen LogP contribution in [0.15, 0.2) is 48.8 Å². The Kier molecular flexibility index (Phi) is 6.16. The number of nitrogens with zero attached hydrogens (tertiary/aromatic N) is 1. The molecule has 2 fully saturated rings. The summed E-state index contributed by atoms with van der Waals surface area (Å²) in [6.07, 6.45) is 5.66. The molecular formula is C24H29F3N2O. The first-order valence-electron chi connectivity index (χ1n) is 10.8. The van der Waals surface area contributed by atoms with E-state index < -0.39 is 11.7 Å². The van der Waals surface area contributed by atoms with Gasteiger partial charge in [0.05, 0.1) is 11.2 Å². The van der Waals surface area contributed by atoms with Gasteiger partial charge in [-0.3, -0.25) is 4.98 Å². The molecular weight excluding hydrogens is 389 g/mol. The monoisotopic (exact) mass is 418 g/mol. The second-order valence-electron chi connectivity index (χ2n) is 8.82. The van der Waals surface area contributed by atoms with Crippen LogP contribution < -0.4 is 5.32 Å². The molecule has 1 saturated heterocycles. The van der Waals surface area contributed by atoms with Gasteiger partial charge in [-0.15, -0.1) is 0 Å². The minimum absolute atomic E-state index is 0.000941. The van der Waals surface area contributed by atoms with Crippen LogP contribution in [0.2, 0.25) is 0 Å². The van der Waals surface area contributed by atoms with E-state index >= 15 is 0 Å². The first kappa shape index (κ1) is 21.3. The van der Waals surface area contributed by atoms with Crippen molar-refractivity contribution >= 4 is 0 Å². The smallest absolute Gasteiger partial charge is 0.375 e. The average molecular weight is 419 g/mol. The SMILES string of the molecule is FC(F)(F)c1cncc(CNCC[C@@]2(c3ccccc3)CCOC3(CCCC3)C2)c1. The van der Waals surface area contributed by atoms with E-state index in [0.717, 1.165) is 51.5 Å². The Morgan fingerprint density at radius 3 is 2.53 bits per heavy atom. The second kappa shape index (κ2) is 8.67. The molecule has 1 atom stereocenters. The van der Waals surface area contributed by atoms with Crippen molar-refractivity contribution in [2.75, 3.05) is 13.2 Å². The van der Waals surface area contributed by atoms with Crippen molar-refractivity contribution < 1.29 is 17.9 Å². The average Bonchev–Trinajstić information content (AvgIpc) is 3.19. The zero-order valence-electron chi connectivity index (χ0n) is 17.2. The molecule has 2 heterocycles. The van der Waals surface area contributed by atoms with Crippen LogP contribution in [-0.4, -0.2) is 23.7 Å². The summed E-state index contributed by atoms with van der Waals surface area (Å²) in [5.41, 5.74) is 1.25. The summed E-state index contributed by atoms with van der Waals surface area (Å²) in [5.74, 6) is 0. The summed E-state index contributed by atoms with van der Waals surface area (Å²) >= 11 is 0. The van der Waals surface area contributed by atoms with Gasteiger partial charge in [-0.05, 0) is 55.8 Å². The molecule has 0 radical (unpaired) electrons. The van der Waals surface area contributed by atoms with Gasteiger partial charge in [0.15, 0.2) is 0 Å². The lowest BCUT2D eigenvalue weighted by Gasteiger charge is -2.47. The Morgan fingerprint density at radius 2 is 1.80 bits per heavy atom. The molecule has 30 heavy (non-hydrogen) atoms. The summed E-state index contributed by atoms with van der Waals surface area (Å²) in [6, 6.07) is 11.8. The highest BCUT2D eigenvalue weighted by atomic mass is 19.4. The zero-order valence-corrected chi connectivity index (χ0v) is 17.2. The van der Waals surface area contributed by atoms with Gasteiger partial charge in [0, 0.05) is 31.0 Å². The van der Waals surface area contributed by atoms with Crippen LogP contribution in [0.4, 0.5) is 13.2 Å². The van der Waals surface area contributed by atoms with Crippen molar-refractivity contribution in [3.8, 4) is 0 Å². The molecule has 162 valence electrons. The number of pyridine rings is 1. The van der Waals surface area contributed by atoms with Gasteiger partial charge >= 0.3 is 6.18 Å². The molecule has 0 amide bonds. The van der Waals surface area contributed by atoms with E-state index in [1.807, 2.05) is 6.07 Å². The molecule has 4 rings (SSSR count). The quantitative estimate of drug-likeness (QED) is 0.617. The molecule has 1 aromatic heterocycles. The van der Waals surface area contributed by atoms with E-state index in [9.17, 15) is 13.2 Å². The Morgan fingerprint density at radius 1 is 1.03 bits per heavy atom. The first-order chi connectivity index (χ1) is 14.4. The maximum absolute atomic E-state index is 12.9. The number of aromatic nitrogens is 1. The van der Waals surface area contributed by atoms with Crippen LogP contribution in [0, 0.1) is 0 Å². The van der Waals surface area contributed by atoms with E-state index in [1.54, 1.807) is 0 Å². The summed E-state index contributed by atoms with van der Waals surface area (Å²) in [7, 11) is 0. The fourth-order valence-corrected chi connectivity index (χ4v) is 5.25. The molecule has 1 aliphatic carbocycles. The van der Waals surface area contributed by atoms with Gasteiger partial charge < -0.3 is 10.1 Å². The minimum Gasteiger partial charge on any atom is -0.375 e. The molecule has 1 aromatic carbocycles. The molecule has 0 unspecified atom stereocenters. The van der Waals surface area contributed by atoms with Crippen molar-refractivity contribution in [3.05, 3.63) is 65.5 Å². The lowest BCUT2D eigenvalue weighted by atomic mass is 9.66. The number of hydrogen-bond acceptors (Lipinski definition) is 3. The Balaban J connectivity index is 1.43. The number of alkyl halides is 3. The van der Waals surface area contributed by atoms with Gasteiger partial charge in [0.25, 0.3) is 0 Å². The van der Waals surface area contributed by atoms with Crippen LogP contribution in [0.1, 0.15) is 61.6 Å². The molecule has 1 N–H and O–H groups in total. The Hall–Kier alpha value is -1.92. The Labute approximate surface area is 176 Å². The van der Waals surface area contributed by atoms with Gasteiger partial charge in [-0.1, -0.05) is 43.2 Å². The van der Waals surface area contributed by atoms with E-state index in [-0.39, 0.29) is 11.0 Å². The second-order valence-corrected chi connectivity index (χ2v) is 8.82. The van der Waals surface area contributed by atoms with Crippen LogP contribution in [0.5, 0.6) is 0 Å². The zero-order chi connectivity index (χ0) is 21.1. The summed E-state index contributed by atoms with van der Waals surface area (Å²) in [4.78, 5) is 3.75. The van der Waals surface area contributed by atoms with E-state index in [2.05, 4.69) is 34.6 Å². The van der Waals surface area contributed by atoms with E-state index in [0.29, 0.717) is 12.1 Å². The van der Waals surface area contributed by atoms with E-state index in [1.165, 1.54) is 30.7 Å². The molecule has 2 aromatic rings. The number of rotatable bonds is 6. The largest absolute Gasteiger partial charge is 0.417 e. The van der Waals surface area contributed by atoms with Crippen LogP contribution >= 0.6 is 0 Å². The standard InChI is InChI=1S/C24H29F3N2O/c25-24(26,27)21-14-19(16-29-17-21)15-28-12-10-22(20-6-2-1-3-7-20)11-13-30-23(18-22)8-4-5-9-23/h1-3,6-7,14,16-17,28H,4-5,8-13,15,18H2/t22-/m1/s1. The molecule has 2 aliphatic rings. The molecule has 6 heteroatoms. The van der Waals surface area contributed by atoms with Gasteiger partial charge in [-0.2, -0.15) is 13.2 Å². The van der Waals surface area contributed by atoms with Crippen LogP contribution in [0.3, 0.4) is 0 Å². The van der Waals surface area contributed by atoms with Gasteiger partial charge in [0.2, 0.25) is 0 Å². The third-order valence-electron chi connectivity index (χ3n) is 6.78. The van der Waals surface area contributed by atoms with Crippen molar-refractivity contribution in [2.24, 2.45) is 0 Å². The lowest BCUT2D eigenvalue weighted by Crippen LogP contribution is -2.47. The fraction of sp³-hybridized carbons (Fsp3) is 0.542. The van der Waals surface area contributed by atoms with Gasteiger partial charge in [0.1, 0.15) is 0 Å². The van der Waals surface area contributed by atoms with Crippen molar-refractivity contribution in [1.29, 1.82) is 0 Å². The predicted octanol–water partition coefficient (Wildman–Crippen LogP) is 5.64. The third-order valence-corrected chi connectivity index (χ3v) is 6.78. The highest BCUT2D eigenvalue weighted by Crippen LogP contribution is 2.50. The topological polar surface area (TPSA) is 34.2 Å². The number of nitrogens with one attached hydrogen (secondary N) is 1. The summed E-state index contributed by atoms with van der Waals surface area (Å²) in [6.45, 7) is 1.89.